The van der Waals surface area contributed by atoms with Gasteiger partial charge in [-0.3, -0.25) is 0 Å². The van der Waals surface area contributed by atoms with Crippen molar-refractivity contribution in [2.45, 2.75) is 0 Å². The van der Waals surface area contributed by atoms with Gasteiger partial charge in [0.15, 0.2) is 5.82 Å². The van der Waals surface area contributed by atoms with Gasteiger partial charge >= 0.3 is 0 Å². The SMILES string of the molecule is c1ccc(-c2nc(-c3ccc4c5ccccc5c5cccc6oc3c4c65)nc3c2sc2ccccc23)cc1. The van der Waals surface area contributed by atoms with Gasteiger partial charge in [0.05, 0.1) is 21.5 Å². The van der Waals surface area contributed by atoms with Crippen molar-refractivity contribution in [3.05, 3.63) is 109 Å². The largest absolute Gasteiger partial charge is 0.455 e. The van der Waals surface area contributed by atoms with Gasteiger partial charge in [-0.05, 0) is 39.7 Å². The van der Waals surface area contributed by atoms with E-state index in [0.717, 1.165) is 49.0 Å². The predicted molar refractivity (Wildman–Crippen MR) is 159 cm³/mol. The highest BCUT2D eigenvalue weighted by atomic mass is 32.1. The van der Waals surface area contributed by atoms with E-state index in [2.05, 4.69) is 103 Å². The second-order valence-corrected chi connectivity index (χ2v) is 10.8. The predicted octanol–water partition coefficient (Wildman–Crippen LogP) is 9.82. The van der Waals surface area contributed by atoms with Crippen molar-refractivity contribution in [3.8, 4) is 22.6 Å². The summed E-state index contributed by atoms with van der Waals surface area (Å²) >= 11 is 1.75. The minimum Gasteiger partial charge on any atom is -0.455 e. The standard InChI is InChI=1S/C34H18N2OS/c1-2-9-19(10-3-1)30-33-31(24-13-6-7-16-27(24)38-33)36-34(35-30)25-18-17-23-21-12-5-4-11-20(21)22-14-8-15-26-28(22)29(23)32(25)37-26/h1-18H. The van der Waals surface area contributed by atoms with Crippen LogP contribution in [0.15, 0.2) is 114 Å². The van der Waals surface area contributed by atoms with Crippen molar-refractivity contribution < 1.29 is 4.42 Å². The molecule has 6 aromatic carbocycles. The number of benzene rings is 6. The lowest BCUT2D eigenvalue weighted by Crippen LogP contribution is -1.94. The summed E-state index contributed by atoms with van der Waals surface area (Å²) in [5.74, 6) is 0.686. The second-order valence-electron chi connectivity index (χ2n) is 9.73. The Bertz CT molecular complexity index is 2350. The average Bonchev–Trinajstić information content (AvgIpc) is 3.56. The van der Waals surface area contributed by atoms with E-state index >= 15 is 0 Å². The highest BCUT2D eigenvalue weighted by Gasteiger charge is 2.23. The summed E-state index contributed by atoms with van der Waals surface area (Å²) in [4.78, 5) is 10.4. The molecule has 3 nitrogen and oxygen atoms in total. The normalized spacial score (nSPS) is 12.2. The summed E-state index contributed by atoms with van der Waals surface area (Å²) in [5.41, 5.74) is 5.68. The van der Waals surface area contributed by atoms with Gasteiger partial charge in [0.25, 0.3) is 0 Å². The number of nitrogens with zero attached hydrogens (tertiary/aromatic N) is 2. The lowest BCUT2D eigenvalue weighted by Gasteiger charge is -2.10. The Hall–Kier alpha value is -4.80. The Morgan fingerprint density at radius 2 is 1.26 bits per heavy atom. The summed E-state index contributed by atoms with van der Waals surface area (Å²) < 4.78 is 8.94. The molecule has 0 atom stereocenters. The monoisotopic (exact) mass is 502 g/mol. The summed E-state index contributed by atoms with van der Waals surface area (Å²) in [5, 5.41) is 8.36. The van der Waals surface area contributed by atoms with Crippen molar-refractivity contribution in [2.24, 2.45) is 0 Å². The molecule has 3 heterocycles. The number of aromatic nitrogens is 2. The molecule has 0 saturated heterocycles. The van der Waals surface area contributed by atoms with E-state index in [9.17, 15) is 0 Å². The molecule has 38 heavy (non-hydrogen) atoms. The first-order valence-electron chi connectivity index (χ1n) is 12.7. The molecule has 0 aliphatic carbocycles. The van der Waals surface area contributed by atoms with Gasteiger partial charge in [-0.1, -0.05) is 91.0 Å². The van der Waals surface area contributed by atoms with Gasteiger partial charge in [-0.15, -0.1) is 11.3 Å². The molecule has 9 rings (SSSR count). The van der Waals surface area contributed by atoms with Gasteiger partial charge in [0, 0.05) is 26.4 Å². The molecule has 4 heteroatoms. The van der Waals surface area contributed by atoms with Gasteiger partial charge in [0.2, 0.25) is 0 Å². The molecule has 0 N–H and O–H groups in total. The van der Waals surface area contributed by atoms with Crippen molar-refractivity contribution in [2.75, 3.05) is 0 Å². The molecule has 9 aromatic rings. The summed E-state index contributed by atoms with van der Waals surface area (Å²) in [6.07, 6.45) is 0. The van der Waals surface area contributed by atoms with Gasteiger partial charge in [-0.2, -0.15) is 0 Å². The first kappa shape index (κ1) is 20.3. The van der Waals surface area contributed by atoms with E-state index in [1.54, 1.807) is 11.3 Å². The third kappa shape index (κ3) is 2.62. The van der Waals surface area contributed by atoms with Crippen LogP contribution in [0.4, 0.5) is 0 Å². The summed E-state index contributed by atoms with van der Waals surface area (Å²) in [6.45, 7) is 0. The zero-order valence-electron chi connectivity index (χ0n) is 20.1. The van der Waals surface area contributed by atoms with E-state index in [1.807, 2.05) is 6.07 Å². The molecule has 176 valence electrons. The van der Waals surface area contributed by atoms with Crippen molar-refractivity contribution in [1.29, 1.82) is 0 Å². The van der Waals surface area contributed by atoms with E-state index in [0.29, 0.717) is 5.82 Å². The number of rotatable bonds is 2. The molecular weight excluding hydrogens is 484 g/mol. The van der Waals surface area contributed by atoms with E-state index in [1.165, 1.54) is 31.6 Å². The minimum absolute atomic E-state index is 0.686. The lowest BCUT2D eigenvalue weighted by molar-refractivity contribution is 0.670. The molecule has 0 unspecified atom stereocenters. The fraction of sp³-hybridized carbons (Fsp3) is 0. The van der Waals surface area contributed by atoms with E-state index in [4.69, 9.17) is 14.4 Å². The summed E-state index contributed by atoms with van der Waals surface area (Å²) in [7, 11) is 0. The smallest absolute Gasteiger partial charge is 0.164 e. The Morgan fingerprint density at radius 3 is 2.11 bits per heavy atom. The topological polar surface area (TPSA) is 38.9 Å². The highest BCUT2D eigenvalue weighted by molar-refractivity contribution is 7.26. The van der Waals surface area contributed by atoms with Gasteiger partial charge in [-0.25, -0.2) is 9.97 Å². The third-order valence-corrected chi connectivity index (χ3v) is 8.83. The Labute approximate surface area is 220 Å². The van der Waals surface area contributed by atoms with Gasteiger partial charge in [0.1, 0.15) is 11.2 Å². The maximum Gasteiger partial charge on any atom is 0.164 e. The number of hydrogen-bond acceptors (Lipinski definition) is 4. The summed E-state index contributed by atoms with van der Waals surface area (Å²) in [6, 6.07) is 38.2. The molecule has 0 radical (unpaired) electrons. The Morgan fingerprint density at radius 1 is 0.553 bits per heavy atom. The maximum absolute atomic E-state index is 6.62. The van der Waals surface area contributed by atoms with Gasteiger partial charge < -0.3 is 4.42 Å². The number of fused-ring (bicyclic) bond motifs is 6. The fourth-order valence-electron chi connectivity index (χ4n) is 6.00. The molecule has 0 amide bonds. The van der Waals surface area contributed by atoms with Crippen LogP contribution in [0.3, 0.4) is 0 Å². The number of thiophene rings is 1. The zero-order chi connectivity index (χ0) is 24.8. The molecule has 0 fully saturated rings. The van der Waals surface area contributed by atoms with Crippen LogP contribution in [0.2, 0.25) is 0 Å². The van der Waals surface area contributed by atoms with Crippen LogP contribution in [-0.4, -0.2) is 9.97 Å². The van der Waals surface area contributed by atoms with Crippen LogP contribution in [0, 0.1) is 0 Å². The second kappa shape index (κ2) is 7.37. The fourth-order valence-corrected chi connectivity index (χ4v) is 7.16. The molecule has 0 aliphatic heterocycles. The Kier molecular flexibility index (Phi) is 3.93. The first-order valence-corrected chi connectivity index (χ1v) is 13.5. The van der Waals surface area contributed by atoms with Crippen molar-refractivity contribution in [3.63, 3.8) is 0 Å². The molecule has 0 bridgehead atoms. The number of hydrogen-bond donors (Lipinski definition) is 0. The van der Waals surface area contributed by atoms with E-state index in [-0.39, 0.29) is 0 Å². The third-order valence-electron chi connectivity index (χ3n) is 7.66. The van der Waals surface area contributed by atoms with E-state index < -0.39 is 0 Å². The molecular formula is C34H18N2OS. The zero-order valence-corrected chi connectivity index (χ0v) is 20.9. The van der Waals surface area contributed by atoms with Crippen LogP contribution >= 0.6 is 11.3 Å². The van der Waals surface area contributed by atoms with Crippen LogP contribution in [0.5, 0.6) is 0 Å². The quantitative estimate of drug-likeness (QED) is 0.221. The highest BCUT2D eigenvalue weighted by Crippen LogP contribution is 2.46. The lowest BCUT2D eigenvalue weighted by atomic mass is 9.93. The minimum atomic E-state index is 0.686. The van der Waals surface area contributed by atoms with Crippen LogP contribution in [-0.2, 0) is 0 Å². The van der Waals surface area contributed by atoms with Crippen molar-refractivity contribution >= 4 is 75.1 Å². The Balaban J connectivity index is 1.44. The number of furan rings is 1. The molecule has 0 aliphatic rings. The van der Waals surface area contributed by atoms with Crippen LogP contribution in [0.25, 0.3) is 86.4 Å². The van der Waals surface area contributed by atoms with Crippen LogP contribution in [0.1, 0.15) is 0 Å². The average molecular weight is 503 g/mol. The maximum atomic E-state index is 6.62. The van der Waals surface area contributed by atoms with Crippen LogP contribution < -0.4 is 0 Å². The molecule has 0 saturated carbocycles. The molecule has 3 aromatic heterocycles. The molecule has 0 spiro atoms. The van der Waals surface area contributed by atoms with Crippen molar-refractivity contribution in [1.82, 2.24) is 9.97 Å². The first-order chi connectivity index (χ1) is 18.8.